The highest BCUT2D eigenvalue weighted by Gasteiger charge is 2.25. The summed E-state index contributed by atoms with van der Waals surface area (Å²) in [6.07, 6.45) is 3.90. The molecule has 2 aliphatic rings. The molecule has 0 bridgehead atoms. The Morgan fingerprint density at radius 3 is 2.89 bits per heavy atom. The van der Waals surface area contributed by atoms with Crippen LogP contribution in [0.2, 0.25) is 0 Å². The summed E-state index contributed by atoms with van der Waals surface area (Å²) in [6.45, 7) is 5.98. The van der Waals surface area contributed by atoms with Crippen LogP contribution < -0.4 is 10.2 Å². The average Bonchev–Trinajstić information content (AvgIpc) is 2.76. The Balaban J connectivity index is 1.52. The van der Waals surface area contributed by atoms with E-state index < -0.39 is 0 Å². The highest BCUT2D eigenvalue weighted by Crippen LogP contribution is 2.32. The predicted octanol–water partition coefficient (Wildman–Crippen LogP) is 2.92. The second-order valence-corrected chi connectivity index (χ2v) is 7.10. The fourth-order valence-electron chi connectivity index (χ4n) is 3.25. The fourth-order valence-corrected chi connectivity index (χ4v) is 4.45. The van der Waals surface area contributed by atoms with E-state index >= 15 is 0 Å². The van der Waals surface area contributed by atoms with Gasteiger partial charge in [0.2, 0.25) is 0 Å². The largest absolute Gasteiger partial charge is 0.367 e. The molecule has 2 aliphatic heterocycles. The smallest absolute Gasteiger partial charge is 0.0402 e. The number of para-hydroxylation sites is 1. The van der Waals surface area contributed by atoms with Crippen molar-refractivity contribution in [2.24, 2.45) is 0 Å². The maximum absolute atomic E-state index is 3.44. The first-order valence-corrected chi connectivity index (χ1v) is 8.56. The first kappa shape index (κ1) is 13.3. The molecule has 0 aliphatic carbocycles. The Bertz CT molecular complexity index is 415. The van der Waals surface area contributed by atoms with Crippen molar-refractivity contribution in [3.63, 3.8) is 0 Å². The van der Waals surface area contributed by atoms with E-state index in [9.17, 15) is 0 Å². The molecule has 1 atom stereocenters. The molecule has 19 heavy (non-hydrogen) atoms. The molecule has 0 aromatic heterocycles. The van der Waals surface area contributed by atoms with E-state index in [-0.39, 0.29) is 0 Å². The minimum absolute atomic E-state index is 0.672. The fraction of sp³-hybridized carbons (Fsp3) is 0.625. The van der Waals surface area contributed by atoms with Gasteiger partial charge >= 0.3 is 0 Å². The van der Waals surface area contributed by atoms with Crippen LogP contribution in [0.1, 0.15) is 25.3 Å². The lowest BCUT2D eigenvalue weighted by Gasteiger charge is -2.27. The standard InChI is InChI=1S/C16H24N2S/c1-13-12-14-4-2-3-5-16(14)18(13)10-11-19-15-6-8-17-9-7-15/h2-5,13,15,17H,6-12H2,1H3. The van der Waals surface area contributed by atoms with E-state index in [1.165, 1.54) is 55.9 Å². The quantitative estimate of drug-likeness (QED) is 0.910. The lowest BCUT2D eigenvalue weighted by molar-refractivity contribution is 0.531. The molecule has 1 unspecified atom stereocenters. The molecule has 0 radical (unpaired) electrons. The molecule has 1 fully saturated rings. The van der Waals surface area contributed by atoms with Crippen LogP contribution in [-0.4, -0.2) is 36.7 Å². The van der Waals surface area contributed by atoms with Gasteiger partial charge in [0.1, 0.15) is 0 Å². The summed E-state index contributed by atoms with van der Waals surface area (Å²) in [5, 5.41) is 4.33. The highest BCUT2D eigenvalue weighted by molar-refractivity contribution is 7.99. The van der Waals surface area contributed by atoms with Gasteiger partial charge in [0.05, 0.1) is 0 Å². The van der Waals surface area contributed by atoms with Gasteiger partial charge in [-0.1, -0.05) is 18.2 Å². The summed E-state index contributed by atoms with van der Waals surface area (Å²) in [6, 6.07) is 9.58. The van der Waals surface area contributed by atoms with Gasteiger partial charge in [-0.15, -0.1) is 0 Å². The van der Waals surface area contributed by atoms with Gasteiger partial charge in [0.15, 0.2) is 0 Å². The maximum Gasteiger partial charge on any atom is 0.0402 e. The molecule has 1 N–H and O–H groups in total. The molecule has 3 rings (SSSR count). The number of hydrogen-bond acceptors (Lipinski definition) is 3. The van der Waals surface area contributed by atoms with Crippen molar-refractivity contribution in [3.05, 3.63) is 29.8 Å². The van der Waals surface area contributed by atoms with Crippen molar-refractivity contribution >= 4 is 17.4 Å². The molecule has 2 nitrogen and oxygen atoms in total. The van der Waals surface area contributed by atoms with Crippen LogP contribution in [0.3, 0.4) is 0 Å². The Hall–Kier alpha value is -0.670. The third-order valence-electron chi connectivity index (χ3n) is 4.32. The third-order valence-corrected chi connectivity index (χ3v) is 5.68. The summed E-state index contributed by atoms with van der Waals surface area (Å²) >= 11 is 2.18. The number of fused-ring (bicyclic) bond motifs is 1. The van der Waals surface area contributed by atoms with Crippen molar-refractivity contribution < 1.29 is 0 Å². The number of anilines is 1. The molecular formula is C16H24N2S. The van der Waals surface area contributed by atoms with Crippen molar-refractivity contribution in [1.82, 2.24) is 5.32 Å². The molecule has 1 aromatic rings. The number of thioether (sulfide) groups is 1. The van der Waals surface area contributed by atoms with Crippen molar-refractivity contribution in [2.75, 3.05) is 30.3 Å². The van der Waals surface area contributed by atoms with Crippen LogP contribution in [0.25, 0.3) is 0 Å². The summed E-state index contributed by atoms with van der Waals surface area (Å²) in [7, 11) is 0. The normalized spacial score (nSPS) is 23.6. The minimum Gasteiger partial charge on any atom is -0.367 e. The molecule has 1 aromatic carbocycles. The predicted molar refractivity (Wildman–Crippen MR) is 85.3 cm³/mol. The van der Waals surface area contributed by atoms with Gasteiger partial charge in [-0.25, -0.2) is 0 Å². The number of rotatable bonds is 4. The summed E-state index contributed by atoms with van der Waals surface area (Å²) in [4.78, 5) is 2.60. The number of benzene rings is 1. The van der Waals surface area contributed by atoms with E-state index in [2.05, 4.69) is 53.2 Å². The second kappa shape index (κ2) is 6.19. The van der Waals surface area contributed by atoms with Crippen LogP contribution in [0.15, 0.2) is 24.3 Å². The Morgan fingerprint density at radius 2 is 2.05 bits per heavy atom. The second-order valence-electron chi connectivity index (χ2n) is 5.70. The number of hydrogen-bond donors (Lipinski definition) is 1. The zero-order valence-corrected chi connectivity index (χ0v) is 12.6. The van der Waals surface area contributed by atoms with Gasteiger partial charge in [-0.05, 0) is 50.9 Å². The molecule has 1 saturated heterocycles. The number of nitrogens with one attached hydrogen (secondary N) is 1. The monoisotopic (exact) mass is 276 g/mol. The van der Waals surface area contributed by atoms with E-state index in [4.69, 9.17) is 0 Å². The number of piperidine rings is 1. The van der Waals surface area contributed by atoms with E-state index in [0.29, 0.717) is 6.04 Å². The lowest BCUT2D eigenvalue weighted by atomic mass is 10.1. The number of nitrogens with zero attached hydrogens (tertiary/aromatic N) is 1. The topological polar surface area (TPSA) is 15.3 Å². The Kier molecular flexibility index (Phi) is 4.34. The van der Waals surface area contributed by atoms with Crippen LogP contribution >= 0.6 is 11.8 Å². The van der Waals surface area contributed by atoms with Gasteiger partial charge < -0.3 is 10.2 Å². The molecule has 0 spiro atoms. The average molecular weight is 276 g/mol. The van der Waals surface area contributed by atoms with E-state index in [1.54, 1.807) is 0 Å². The van der Waals surface area contributed by atoms with Gasteiger partial charge in [-0.3, -0.25) is 0 Å². The van der Waals surface area contributed by atoms with Crippen LogP contribution in [-0.2, 0) is 6.42 Å². The maximum atomic E-state index is 3.44. The van der Waals surface area contributed by atoms with Gasteiger partial charge in [0.25, 0.3) is 0 Å². The van der Waals surface area contributed by atoms with Crippen molar-refractivity contribution in [2.45, 2.75) is 37.5 Å². The zero-order valence-electron chi connectivity index (χ0n) is 11.8. The first-order valence-electron chi connectivity index (χ1n) is 7.51. The molecular weight excluding hydrogens is 252 g/mol. The van der Waals surface area contributed by atoms with Crippen molar-refractivity contribution in [3.8, 4) is 0 Å². The van der Waals surface area contributed by atoms with Crippen LogP contribution in [0.4, 0.5) is 5.69 Å². The molecule has 3 heteroatoms. The Morgan fingerprint density at radius 1 is 1.26 bits per heavy atom. The van der Waals surface area contributed by atoms with Gasteiger partial charge in [0, 0.05) is 29.3 Å². The lowest BCUT2D eigenvalue weighted by Crippen LogP contribution is -2.33. The minimum atomic E-state index is 0.672. The summed E-state index contributed by atoms with van der Waals surface area (Å²) in [5.41, 5.74) is 3.00. The van der Waals surface area contributed by atoms with Crippen molar-refractivity contribution in [1.29, 1.82) is 0 Å². The highest BCUT2D eigenvalue weighted by atomic mass is 32.2. The molecule has 2 heterocycles. The van der Waals surface area contributed by atoms with Gasteiger partial charge in [-0.2, -0.15) is 11.8 Å². The van der Waals surface area contributed by atoms with Crippen LogP contribution in [0, 0.1) is 0 Å². The Labute approximate surface area is 121 Å². The molecule has 0 saturated carbocycles. The van der Waals surface area contributed by atoms with E-state index in [1.807, 2.05) is 0 Å². The molecule has 0 amide bonds. The zero-order chi connectivity index (χ0) is 13.1. The first-order chi connectivity index (χ1) is 9.34. The third kappa shape index (κ3) is 3.09. The summed E-state index contributed by atoms with van der Waals surface area (Å²) in [5.74, 6) is 1.27. The van der Waals surface area contributed by atoms with Crippen LogP contribution in [0.5, 0.6) is 0 Å². The SMILES string of the molecule is CC1Cc2ccccc2N1CCSC1CCNCC1. The summed E-state index contributed by atoms with van der Waals surface area (Å²) < 4.78 is 0. The van der Waals surface area contributed by atoms with E-state index in [0.717, 1.165) is 5.25 Å². The molecule has 104 valence electrons.